The quantitative estimate of drug-likeness (QED) is 0.371. The van der Waals surface area contributed by atoms with Crippen molar-refractivity contribution >= 4 is 5.71 Å². The van der Waals surface area contributed by atoms with Crippen LogP contribution in [0.2, 0.25) is 0 Å². The van der Waals surface area contributed by atoms with Crippen LogP contribution in [0.1, 0.15) is 13.3 Å². The van der Waals surface area contributed by atoms with E-state index in [1.54, 1.807) is 0 Å². The Kier molecular flexibility index (Phi) is 1.48. The molecule has 0 spiro atoms. The molecule has 8 heavy (non-hydrogen) atoms. The molecule has 0 radical (unpaired) electrons. The zero-order chi connectivity index (χ0) is 5.98. The summed E-state index contributed by atoms with van der Waals surface area (Å²) in [5, 5.41) is 11.3. The molecule has 3 heteroatoms. The van der Waals surface area contributed by atoms with Crippen LogP contribution in [0.3, 0.4) is 0 Å². The number of rotatable bonds is 0. The van der Waals surface area contributed by atoms with E-state index in [0.717, 1.165) is 12.1 Å². The van der Waals surface area contributed by atoms with Gasteiger partial charge in [-0.05, 0) is 6.92 Å². The molecule has 0 aromatic heterocycles. The number of nitrogens with zero attached hydrogens (tertiary/aromatic N) is 1. The van der Waals surface area contributed by atoms with Crippen molar-refractivity contribution in [3.63, 3.8) is 0 Å². The topological polar surface area (TPSA) is 41.8 Å². The van der Waals surface area contributed by atoms with Gasteiger partial charge in [0.2, 0.25) is 0 Å². The van der Waals surface area contributed by atoms with Gasteiger partial charge in [-0.25, -0.2) is 0 Å². The predicted octanol–water partition coefficient (Wildman–Crippen LogP) is 0.625. The molecular weight excluding hydrogens is 106 g/mol. The highest BCUT2D eigenvalue weighted by molar-refractivity contribution is 5.89. The third-order valence-corrected chi connectivity index (χ3v) is 1.32. The number of hydrogen-bond acceptors (Lipinski definition) is 3. The molecule has 0 aliphatic carbocycles. The van der Waals surface area contributed by atoms with Crippen molar-refractivity contribution in [3.8, 4) is 0 Å². The molecule has 1 aliphatic heterocycles. The summed E-state index contributed by atoms with van der Waals surface area (Å²) in [5.41, 5.74) is 0.755. The summed E-state index contributed by atoms with van der Waals surface area (Å²) in [6.07, 6.45) is 0.803. The Morgan fingerprint density at radius 3 is 2.88 bits per heavy atom. The van der Waals surface area contributed by atoms with Crippen molar-refractivity contribution in [1.29, 1.82) is 0 Å². The monoisotopic (exact) mass is 115 g/mol. The smallest absolute Gasteiger partial charge is 0.0962 e. The lowest BCUT2D eigenvalue weighted by Crippen LogP contribution is -2.09. The highest BCUT2D eigenvalue weighted by Gasteiger charge is 2.18. The van der Waals surface area contributed by atoms with E-state index in [-0.39, 0.29) is 6.10 Å². The Bertz CT molecular complexity index is 111. The Balaban J connectivity index is 2.55. The van der Waals surface area contributed by atoms with Crippen LogP contribution in [0, 0.1) is 0 Å². The minimum Gasteiger partial charge on any atom is -0.411 e. The third-order valence-electron chi connectivity index (χ3n) is 1.32. The summed E-state index contributed by atoms with van der Waals surface area (Å²) < 4.78 is 5.07. The molecule has 0 aromatic carbocycles. The van der Waals surface area contributed by atoms with Gasteiger partial charge < -0.3 is 9.94 Å². The van der Waals surface area contributed by atoms with Crippen molar-refractivity contribution in [2.24, 2.45) is 5.16 Å². The van der Waals surface area contributed by atoms with Crippen LogP contribution in [0.4, 0.5) is 0 Å². The van der Waals surface area contributed by atoms with Crippen molar-refractivity contribution in [2.45, 2.75) is 19.4 Å². The van der Waals surface area contributed by atoms with E-state index in [2.05, 4.69) is 5.16 Å². The molecule has 1 fully saturated rings. The number of ether oxygens (including phenoxy) is 1. The van der Waals surface area contributed by atoms with Crippen LogP contribution < -0.4 is 0 Å². The highest BCUT2D eigenvalue weighted by Crippen LogP contribution is 2.07. The van der Waals surface area contributed by atoms with Crippen LogP contribution in [0.25, 0.3) is 0 Å². The van der Waals surface area contributed by atoms with Crippen molar-refractivity contribution in [1.82, 2.24) is 0 Å². The zero-order valence-electron chi connectivity index (χ0n) is 4.79. The second kappa shape index (κ2) is 2.13. The van der Waals surface area contributed by atoms with Crippen molar-refractivity contribution in [3.05, 3.63) is 0 Å². The molecule has 0 amide bonds. The van der Waals surface area contributed by atoms with Gasteiger partial charge in [0.1, 0.15) is 0 Å². The predicted molar refractivity (Wildman–Crippen MR) is 29.3 cm³/mol. The molecule has 46 valence electrons. The molecule has 1 aliphatic rings. The lowest BCUT2D eigenvalue weighted by molar-refractivity contribution is 0.144. The van der Waals surface area contributed by atoms with Crippen molar-refractivity contribution < 1.29 is 9.94 Å². The van der Waals surface area contributed by atoms with Crippen LogP contribution >= 0.6 is 0 Å². The fourth-order valence-electron chi connectivity index (χ4n) is 0.771. The van der Waals surface area contributed by atoms with Crippen LogP contribution in [-0.2, 0) is 4.74 Å². The number of oxime groups is 1. The maximum atomic E-state index is 8.24. The second-order valence-electron chi connectivity index (χ2n) is 1.85. The van der Waals surface area contributed by atoms with Gasteiger partial charge in [-0.2, -0.15) is 0 Å². The molecule has 0 aromatic rings. The number of hydrogen-bond donors (Lipinski definition) is 1. The first-order valence-electron chi connectivity index (χ1n) is 2.67. The van der Waals surface area contributed by atoms with Crippen LogP contribution in [0.15, 0.2) is 5.16 Å². The van der Waals surface area contributed by atoms with E-state index in [1.165, 1.54) is 0 Å². The van der Waals surface area contributed by atoms with Gasteiger partial charge in [-0.3, -0.25) is 0 Å². The van der Waals surface area contributed by atoms with E-state index in [1.807, 2.05) is 6.92 Å². The summed E-state index contributed by atoms with van der Waals surface area (Å²) in [6.45, 7) is 2.57. The molecule has 1 unspecified atom stereocenters. The molecule has 3 nitrogen and oxygen atoms in total. The molecular formula is C5H9NO2. The molecule has 0 bridgehead atoms. The standard InChI is InChI=1S/C5H9NO2/c1-4-5(6-7)2-3-8-4/h4,7H,2-3H2,1H3/b6-5-. The first-order chi connectivity index (χ1) is 3.84. The minimum absolute atomic E-state index is 0.0278. The summed E-state index contributed by atoms with van der Waals surface area (Å²) >= 11 is 0. The van der Waals surface area contributed by atoms with Crippen LogP contribution in [0.5, 0.6) is 0 Å². The average Bonchev–Trinajstić information content (AvgIpc) is 2.14. The molecule has 1 heterocycles. The normalized spacial score (nSPS) is 34.1. The largest absolute Gasteiger partial charge is 0.411 e. The highest BCUT2D eigenvalue weighted by atomic mass is 16.5. The minimum atomic E-state index is 0.0278. The Morgan fingerprint density at radius 2 is 2.62 bits per heavy atom. The van der Waals surface area contributed by atoms with Gasteiger partial charge >= 0.3 is 0 Å². The molecule has 0 saturated carbocycles. The van der Waals surface area contributed by atoms with Gasteiger partial charge in [0.05, 0.1) is 18.4 Å². The van der Waals surface area contributed by atoms with E-state index < -0.39 is 0 Å². The average molecular weight is 115 g/mol. The van der Waals surface area contributed by atoms with E-state index in [4.69, 9.17) is 9.94 Å². The fraction of sp³-hybridized carbons (Fsp3) is 0.800. The van der Waals surface area contributed by atoms with E-state index in [0.29, 0.717) is 6.61 Å². The van der Waals surface area contributed by atoms with E-state index >= 15 is 0 Å². The van der Waals surface area contributed by atoms with Gasteiger partial charge in [0.25, 0.3) is 0 Å². The Labute approximate surface area is 48.0 Å². The van der Waals surface area contributed by atoms with Gasteiger partial charge in [-0.15, -0.1) is 0 Å². The maximum absolute atomic E-state index is 8.24. The lowest BCUT2D eigenvalue weighted by atomic mass is 10.2. The van der Waals surface area contributed by atoms with Crippen LogP contribution in [-0.4, -0.2) is 23.6 Å². The summed E-state index contributed by atoms with van der Waals surface area (Å²) in [4.78, 5) is 0. The summed E-state index contributed by atoms with van der Waals surface area (Å²) in [6, 6.07) is 0. The molecule has 1 rings (SSSR count). The van der Waals surface area contributed by atoms with Gasteiger partial charge in [0.15, 0.2) is 0 Å². The summed E-state index contributed by atoms with van der Waals surface area (Å²) in [7, 11) is 0. The molecule has 1 saturated heterocycles. The first kappa shape index (κ1) is 5.56. The first-order valence-corrected chi connectivity index (χ1v) is 2.67. The molecule has 1 N–H and O–H groups in total. The molecule has 1 atom stereocenters. The zero-order valence-corrected chi connectivity index (χ0v) is 4.79. The lowest BCUT2D eigenvalue weighted by Gasteiger charge is -1.97. The Hall–Kier alpha value is -0.570. The maximum Gasteiger partial charge on any atom is 0.0962 e. The van der Waals surface area contributed by atoms with Gasteiger partial charge in [-0.1, -0.05) is 5.16 Å². The third kappa shape index (κ3) is 0.816. The second-order valence-corrected chi connectivity index (χ2v) is 1.85. The van der Waals surface area contributed by atoms with Gasteiger partial charge in [0, 0.05) is 6.42 Å². The van der Waals surface area contributed by atoms with E-state index in [9.17, 15) is 0 Å². The summed E-state index contributed by atoms with van der Waals surface area (Å²) in [5.74, 6) is 0. The van der Waals surface area contributed by atoms with Crippen molar-refractivity contribution in [2.75, 3.05) is 6.61 Å². The fourth-order valence-corrected chi connectivity index (χ4v) is 0.771. The SMILES string of the molecule is CC1OCC/C1=N/O. The Morgan fingerprint density at radius 1 is 1.88 bits per heavy atom.